The van der Waals surface area contributed by atoms with Gasteiger partial charge in [0, 0.05) is 6.20 Å². The van der Waals surface area contributed by atoms with Crippen LogP contribution in [0.25, 0.3) is 0 Å². The van der Waals surface area contributed by atoms with Gasteiger partial charge < -0.3 is 15.5 Å². The molecule has 0 spiro atoms. The fourth-order valence-electron chi connectivity index (χ4n) is 1.70. The Morgan fingerprint density at radius 3 is 2.70 bits per heavy atom. The van der Waals surface area contributed by atoms with Crippen molar-refractivity contribution >= 4 is 17.6 Å². The number of phenolic OH excluding ortho intramolecular Hbond substituents is 1. The molecule has 6 nitrogen and oxygen atoms in total. The Morgan fingerprint density at radius 1 is 1.25 bits per heavy atom. The van der Waals surface area contributed by atoms with Gasteiger partial charge in [-0.3, -0.25) is 4.79 Å². The quantitative estimate of drug-likeness (QED) is 0.794. The van der Waals surface area contributed by atoms with Crippen molar-refractivity contribution in [3.05, 3.63) is 53.3 Å². The van der Waals surface area contributed by atoms with Gasteiger partial charge in [0.25, 0.3) is 5.91 Å². The lowest BCUT2D eigenvalue weighted by atomic mass is 10.1. The number of nitrogens with one attached hydrogen (secondary N) is 1. The van der Waals surface area contributed by atoms with E-state index in [1.165, 1.54) is 30.5 Å². The molecule has 1 amide bonds. The van der Waals surface area contributed by atoms with E-state index in [1.807, 2.05) is 0 Å². The van der Waals surface area contributed by atoms with Crippen molar-refractivity contribution in [1.29, 1.82) is 0 Å². The van der Waals surface area contributed by atoms with Gasteiger partial charge >= 0.3 is 5.97 Å². The molecule has 2 aromatic rings. The van der Waals surface area contributed by atoms with E-state index >= 15 is 0 Å². The van der Waals surface area contributed by atoms with Crippen LogP contribution in [0.15, 0.2) is 36.5 Å². The lowest BCUT2D eigenvalue weighted by Crippen LogP contribution is -2.16. The number of rotatable bonds is 3. The monoisotopic (exact) mass is 272 g/mol. The Hall–Kier alpha value is -2.89. The van der Waals surface area contributed by atoms with Crippen LogP contribution in [-0.2, 0) is 0 Å². The van der Waals surface area contributed by atoms with Gasteiger partial charge in [-0.2, -0.15) is 0 Å². The number of benzene rings is 1. The van der Waals surface area contributed by atoms with Crippen LogP contribution in [0.4, 0.5) is 5.69 Å². The molecule has 0 atom stereocenters. The molecule has 0 fully saturated rings. The summed E-state index contributed by atoms with van der Waals surface area (Å²) in [5, 5.41) is 21.1. The largest absolute Gasteiger partial charge is 0.507 e. The number of carboxylic acids is 1. The summed E-state index contributed by atoms with van der Waals surface area (Å²) in [6.07, 6.45) is 1.32. The SMILES string of the molecule is Cc1ccc(O)c(C(=O)Nc2cccnc2C(=O)O)c1. The summed E-state index contributed by atoms with van der Waals surface area (Å²) in [4.78, 5) is 26.8. The third kappa shape index (κ3) is 2.74. The number of hydrogen-bond acceptors (Lipinski definition) is 4. The van der Waals surface area contributed by atoms with Gasteiger partial charge in [-0.05, 0) is 31.2 Å². The van der Waals surface area contributed by atoms with Crippen molar-refractivity contribution in [2.75, 3.05) is 5.32 Å². The highest BCUT2D eigenvalue weighted by atomic mass is 16.4. The van der Waals surface area contributed by atoms with Crippen LogP contribution in [0, 0.1) is 6.92 Å². The number of anilines is 1. The predicted octanol–water partition coefficient (Wildman–Crippen LogP) is 2.05. The number of aromatic hydroxyl groups is 1. The van der Waals surface area contributed by atoms with Gasteiger partial charge in [0.15, 0.2) is 5.69 Å². The summed E-state index contributed by atoms with van der Waals surface area (Å²) >= 11 is 0. The van der Waals surface area contributed by atoms with Gasteiger partial charge in [-0.25, -0.2) is 9.78 Å². The number of aromatic carboxylic acids is 1. The Bertz CT molecular complexity index is 683. The number of hydrogen-bond donors (Lipinski definition) is 3. The molecule has 0 aliphatic heterocycles. The number of aryl methyl sites for hydroxylation is 1. The fraction of sp³-hybridized carbons (Fsp3) is 0.0714. The molecular weight excluding hydrogens is 260 g/mol. The first-order valence-electron chi connectivity index (χ1n) is 5.78. The molecule has 3 N–H and O–H groups in total. The van der Waals surface area contributed by atoms with Gasteiger partial charge in [0.2, 0.25) is 0 Å². The average molecular weight is 272 g/mol. The van der Waals surface area contributed by atoms with Crippen molar-refractivity contribution < 1.29 is 19.8 Å². The summed E-state index contributed by atoms with van der Waals surface area (Å²) < 4.78 is 0. The molecule has 0 unspecified atom stereocenters. The van der Waals surface area contributed by atoms with Crippen molar-refractivity contribution in [2.24, 2.45) is 0 Å². The summed E-state index contributed by atoms with van der Waals surface area (Å²) in [7, 11) is 0. The summed E-state index contributed by atoms with van der Waals surface area (Å²) in [6.45, 7) is 1.78. The molecular formula is C14H12N2O4. The third-order valence-corrected chi connectivity index (χ3v) is 2.66. The highest BCUT2D eigenvalue weighted by Gasteiger charge is 2.16. The van der Waals surface area contributed by atoms with Crippen LogP contribution in [0.1, 0.15) is 26.4 Å². The number of carboxylic acid groups (broad SMARTS) is 1. The summed E-state index contributed by atoms with van der Waals surface area (Å²) in [5.74, 6) is -2.01. The zero-order valence-corrected chi connectivity index (χ0v) is 10.6. The second-order valence-corrected chi connectivity index (χ2v) is 4.18. The zero-order valence-electron chi connectivity index (χ0n) is 10.6. The van der Waals surface area contributed by atoms with Crippen LogP contribution in [0.3, 0.4) is 0 Å². The molecule has 0 radical (unpaired) electrons. The Kier molecular flexibility index (Phi) is 3.65. The van der Waals surface area contributed by atoms with Crippen molar-refractivity contribution in [3.8, 4) is 5.75 Å². The third-order valence-electron chi connectivity index (χ3n) is 2.66. The number of carbonyl (C=O) groups excluding carboxylic acids is 1. The van der Waals surface area contributed by atoms with E-state index in [-0.39, 0.29) is 22.7 Å². The minimum atomic E-state index is -1.24. The van der Waals surface area contributed by atoms with Gasteiger partial charge in [0.05, 0.1) is 11.3 Å². The van der Waals surface area contributed by atoms with E-state index < -0.39 is 11.9 Å². The normalized spacial score (nSPS) is 10.1. The number of amides is 1. The van der Waals surface area contributed by atoms with Gasteiger partial charge in [-0.1, -0.05) is 11.6 Å². The maximum absolute atomic E-state index is 12.1. The molecule has 1 aromatic carbocycles. The number of carbonyl (C=O) groups is 2. The van der Waals surface area contributed by atoms with Crippen LogP contribution in [-0.4, -0.2) is 27.1 Å². The minimum absolute atomic E-state index is 0.0743. The smallest absolute Gasteiger partial charge is 0.356 e. The number of aromatic nitrogens is 1. The highest BCUT2D eigenvalue weighted by molar-refractivity contribution is 6.08. The van der Waals surface area contributed by atoms with E-state index in [9.17, 15) is 14.7 Å². The molecule has 0 aliphatic carbocycles. The molecule has 0 saturated heterocycles. The van der Waals surface area contributed by atoms with Gasteiger partial charge in [0.1, 0.15) is 5.75 Å². The molecule has 1 heterocycles. The predicted molar refractivity (Wildman–Crippen MR) is 72.0 cm³/mol. The molecule has 2 rings (SSSR count). The second kappa shape index (κ2) is 5.40. The summed E-state index contributed by atoms with van der Waals surface area (Å²) in [5.41, 5.74) is 0.696. The molecule has 20 heavy (non-hydrogen) atoms. The molecule has 0 aliphatic rings. The second-order valence-electron chi connectivity index (χ2n) is 4.18. The molecule has 0 saturated carbocycles. The lowest BCUT2D eigenvalue weighted by Gasteiger charge is -2.09. The van der Waals surface area contributed by atoms with Crippen LogP contribution in [0.5, 0.6) is 5.75 Å². The van der Waals surface area contributed by atoms with Crippen molar-refractivity contribution in [2.45, 2.75) is 6.92 Å². The van der Waals surface area contributed by atoms with Gasteiger partial charge in [-0.15, -0.1) is 0 Å². The Labute approximate surface area is 114 Å². The number of nitrogens with zero attached hydrogens (tertiary/aromatic N) is 1. The van der Waals surface area contributed by atoms with E-state index in [1.54, 1.807) is 13.0 Å². The topological polar surface area (TPSA) is 99.5 Å². The van der Waals surface area contributed by atoms with Crippen molar-refractivity contribution in [1.82, 2.24) is 4.98 Å². The molecule has 0 bridgehead atoms. The van der Waals surface area contributed by atoms with E-state index in [2.05, 4.69) is 10.3 Å². The first-order valence-corrected chi connectivity index (χ1v) is 5.78. The standard InChI is InChI=1S/C14H12N2O4/c1-8-4-5-11(17)9(7-8)13(18)16-10-3-2-6-15-12(10)14(19)20/h2-7,17H,1H3,(H,16,18)(H,19,20). The molecule has 102 valence electrons. The Morgan fingerprint density at radius 2 is 2.00 bits per heavy atom. The van der Waals surface area contributed by atoms with Crippen LogP contribution in [0.2, 0.25) is 0 Å². The average Bonchev–Trinajstić information content (AvgIpc) is 2.41. The van der Waals surface area contributed by atoms with E-state index in [4.69, 9.17) is 5.11 Å². The molecule has 1 aromatic heterocycles. The van der Waals surface area contributed by atoms with Crippen LogP contribution < -0.4 is 5.32 Å². The fourth-order valence-corrected chi connectivity index (χ4v) is 1.70. The lowest BCUT2D eigenvalue weighted by molar-refractivity contribution is 0.0691. The number of pyridine rings is 1. The maximum Gasteiger partial charge on any atom is 0.356 e. The zero-order chi connectivity index (χ0) is 14.7. The maximum atomic E-state index is 12.1. The molecule has 6 heteroatoms. The summed E-state index contributed by atoms with van der Waals surface area (Å²) in [6, 6.07) is 7.53. The highest BCUT2D eigenvalue weighted by Crippen LogP contribution is 2.20. The minimum Gasteiger partial charge on any atom is -0.507 e. The first kappa shape index (κ1) is 13.5. The van der Waals surface area contributed by atoms with Crippen LogP contribution >= 0.6 is 0 Å². The van der Waals surface area contributed by atoms with Crippen molar-refractivity contribution in [3.63, 3.8) is 0 Å². The first-order chi connectivity index (χ1) is 9.49. The Balaban J connectivity index is 2.33. The number of phenols is 1. The van der Waals surface area contributed by atoms with E-state index in [0.717, 1.165) is 5.56 Å². The van der Waals surface area contributed by atoms with E-state index in [0.29, 0.717) is 0 Å².